The first kappa shape index (κ1) is 49.7. The highest BCUT2D eigenvalue weighted by Crippen LogP contribution is 2.48. The molecular formula is C47H59F3N6O9S2. The lowest BCUT2D eigenvalue weighted by Gasteiger charge is -2.35. The number of thiazole rings is 1. The van der Waals surface area contributed by atoms with Gasteiger partial charge in [-0.15, -0.1) is 11.3 Å². The van der Waals surface area contributed by atoms with Crippen LogP contribution in [0.25, 0.3) is 22.0 Å². The van der Waals surface area contributed by atoms with Crippen LogP contribution in [0.4, 0.5) is 18.0 Å². The first-order chi connectivity index (χ1) is 31.4. The number of allylic oxidation sites excluding steroid dienone is 1. The highest BCUT2D eigenvalue weighted by atomic mass is 32.2. The summed E-state index contributed by atoms with van der Waals surface area (Å²) in [6.07, 6.45) is 0.564. The first-order valence-corrected chi connectivity index (χ1v) is 25.1. The summed E-state index contributed by atoms with van der Waals surface area (Å²) >= 11 is 1.36. The van der Waals surface area contributed by atoms with Crippen molar-refractivity contribution in [2.24, 2.45) is 17.8 Å². The number of benzene rings is 1. The van der Waals surface area contributed by atoms with E-state index in [4.69, 9.17) is 19.2 Å². The number of pyridine rings is 1. The summed E-state index contributed by atoms with van der Waals surface area (Å²) in [5, 5.41) is 7.70. The second-order valence-corrected chi connectivity index (χ2v) is 22.4. The number of fused-ring (bicyclic) bond motifs is 2. The molecule has 0 bridgehead atoms. The molecule has 3 aromatic rings. The highest BCUT2D eigenvalue weighted by molar-refractivity contribution is 7.91. The molecule has 20 heteroatoms. The summed E-state index contributed by atoms with van der Waals surface area (Å²) in [6.45, 7) is 10.3. The van der Waals surface area contributed by atoms with Crippen molar-refractivity contribution in [3.05, 3.63) is 60.1 Å². The number of halogens is 3. The lowest BCUT2D eigenvalue weighted by molar-refractivity contribution is -0.244. The average molecular weight is 973 g/mol. The Balaban J connectivity index is 1.25. The lowest BCUT2D eigenvalue weighted by atomic mass is 9.85. The maximum absolute atomic E-state index is 15.1. The molecule has 4 aliphatic rings. The van der Waals surface area contributed by atoms with Crippen LogP contribution in [-0.4, -0.2) is 100 Å². The van der Waals surface area contributed by atoms with Crippen molar-refractivity contribution in [3.8, 4) is 33.5 Å². The van der Waals surface area contributed by atoms with Crippen molar-refractivity contribution >= 4 is 45.2 Å². The Labute approximate surface area is 393 Å². The Morgan fingerprint density at radius 1 is 1.06 bits per heavy atom. The fraction of sp³-hybridized carbons (Fsp3) is 0.574. The van der Waals surface area contributed by atoms with Crippen molar-refractivity contribution in [1.29, 1.82) is 0 Å². The molecule has 3 N–H and O–H groups in total. The zero-order valence-electron chi connectivity index (χ0n) is 38.6. The van der Waals surface area contributed by atoms with Crippen LogP contribution in [0.15, 0.2) is 60.1 Å². The molecule has 3 fully saturated rings. The van der Waals surface area contributed by atoms with Crippen molar-refractivity contribution in [3.63, 3.8) is 0 Å². The fourth-order valence-electron chi connectivity index (χ4n) is 8.61. The molecule has 7 rings (SSSR count). The van der Waals surface area contributed by atoms with Crippen LogP contribution in [0.1, 0.15) is 99.8 Å². The van der Waals surface area contributed by atoms with Crippen LogP contribution in [-0.2, 0) is 29.1 Å². The predicted octanol–water partition coefficient (Wildman–Crippen LogP) is 7.72. The molecule has 7 atom stereocenters. The minimum absolute atomic E-state index is 0.0399. The molecule has 2 aliphatic carbocycles. The second kappa shape index (κ2) is 19.0. The van der Waals surface area contributed by atoms with Gasteiger partial charge >= 0.3 is 12.3 Å². The molecule has 0 unspecified atom stereocenters. The van der Waals surface area contributed by atoms with Crippen LogP contribution in [0.3, 0.4) is 0 Å². The number of nitrogens with zero attached hydrogens (tertiary/aromatic N) is 3. The molecule has 4 amide bonds. The monoisotopic (exact) mass is 972 g/mol. The Morgan fingerprint density at radius 2 is 1.76 bits per heavy atom. The van der Waals surface area contributed by atoms with E-state index in [1.807, 2.05) is 51.1 Å². The number of nitrogens with one attached hydrogen (secondary N) is 3. The van der Waals surface area contributed by atoms with Gasteiger partial charge in [-0.05, 0) is 109 Å². The molecule has 2 aliphatic heterocycles. The fourth-order valence-corrected chi connectivity index (χ4v) is 10.5. The van der Waals surface area contributed by atoms with Crippen LogP contribution in [0.5, 0.6) is 11.5 Å². The zero-order chi connectivity index (χ0) is 48.7. The third-order valence-corrected chi connectivity index (χ3v) is 16.1. The highest BCUT2D eigenvalue weighted by Gasteiger charge is 2.63. The normalized spacial score (nSPS) is 27.1. The molecule has 67 heavy (non-hydrogen) atoms. The summed E-state index contributed by atoms with van der Waals surface area (Å²) in [5.41, 5.74) is -2.81. The van der Waals surface area contributed by atoms with Crippen LogP contribution in [0.2, 0.25) is 0 Å². The van der Waals surface area contributed by atoms with E-state index in [1.165, 1.54) is 16.2 Å². The molecule has 364 valence electrons. The molecule has 2 aromatic heterocycles. The number of hydrogen-bond acceptors (Lipinski definition) is 12. The van der Waals surface area contributed by atoms with E-state index in [9.17, 15) is 36.0 Å². The Morgan fingerprint density at radius 3 is 2.39 bits per heavy atom. The first-order valence-electron chi connectivity index (χ1n) is 22.7. The SMILES string of the molecule is CC[C@@H]1C[C@@H](C)CC/C=C\[C@@H]2C[C@@]2(C(=O)NS(=O)(=O)C2(C)CC2)NC(=O)[C@@H]2C[C@@H](Oc3cc(-c4ccc(OC(C)C)cc4)nc(-c4nccs4)c3)CN2C(=O)[C@H]1NC(=O)OC(C)(C)C(F)(F)F. The lowest BCUT2D eigenvalue weighted by Crippen LogP contribution is -2.60. The molecule has 0 spiro atoms. The number of carbonyl (C=O) groups is 4. The number of aromatic nitrogens is 2. The minimum Gasteiger partial charge on any atom is -0.491 e. The Kier molecular flexibility index (Phi) is 14.1. The Hall–Kier alpha value is -5.24. The summed E-state index contributed by atoms with van der Waals surface area (Å²) < 4.78 is 86.9. The van der Waals surface area contributed by atoms with Crippen molar-refractivity contribution in [2.75, 3.05) is 6.54 Å². The quantitative estimate of drug-likeness (QED) is 0.150. The Bertz CT molecular complexity index is 2460. The number of sulfonamides is 1. The number of alkyl carbamates (subject to hydrolysis) is 1. The minimum atomic E-state index is -4.93. The molecule has 2 saturated carbocycles. The van der Waals surface area contributed by atoms with Crippen LogP contribution < -0.4 is 24.8 Å². The second-order valence-electron chi connectivity index (χ2n) is 19.3. The van der Waals surface area contributed by atoms with E-state index in [-0.39, 0.29) is 31.4 Å². The standard InChI is InChI=1S/C47H59F3N6O9S2/c1-8-29-21-28(4)11-9-10-12-31-25-46(31,42(59)55-67(61,62)45(7)17-18-45)54-39(57)37-24-34(26-56(37)41(58)38(29)53-43(60)65-44(5,6)47(48,49)50)64-33-22-35(52-36(23-33)40-51-19-20-66-40)30-13-15-32(16-14-30)63-27(2)3/h10,12-16,19-20,22-23,27-29,31,34,37-38H,8-9,11,17-18,21,24-26H2,1-7H3,(H,53,60)(H,54,57)(H,55,59)/b12-10-/t28-,29+,31+,34+,37-,38-,46+/m0/s1. The summed E-state index contributed by atoms with van der Waals surface area (Å²) in [5.74, 6) is -2.67. The van der Waals surface area contributed by atoms with E-state index >= 15 is 4.79 Å². The topological polar surface area (TPSA) is 195 Å². The number of alkyl halides is 3. The maximum Gasteiger partial charge on any atom is 0.427 e. The molecule has 0 radical (unpaired) electrons. The maximum atomic E-state index is 15.1. The molecule has 1 aromatic carbocycles. The van der Waals surface area contributed by atoms with Gasteiger partial charge in [-0.25, -0.2) is 23.2 Å². The van der Waals surface area contributed by atoms with Gasteiger partial charge in [-0.1, -0.05) is 32.4 Å². The van der Waals surface area contributed by atoms with Gasteiger partial charge in [-0.3, -0.25) is 19.1 Å². The number of ether oxygens (including phenoxy) is 3. The average Bonchev–Trinajstić information content (AvgIpc) is 4.00. The molecule has 1 saturated heterocycles. The molecular weight excluding hydrogens is 914 g/mol. The van der Waals surface area contributed by atoms with E-state index in [0.29, 0.717) is 80.3 Å². The van der Waals surface area contributed by atoms with E-state index < -0.39 is 85.9 Å². The number of amides is 4. The van der Waals surface area contributed by atoms with E-state index in [2.05, 4.69) is 20.3 Å². The van der Waals surface area contributed by atoms with Crippen LogP contribution in [0, 0.1) is 17.8 Å². The van der Waals surface area contributed by atoms with Gasteiger partial charge in [0.05, 0.1) is 23.1 Å². The third-order valence-electron chi connectivity index (χ3n) is 13.2. The largest absolute Gasteiger partial charge is 0.491 e. The van der Waals surface area contributed by atoms with Gasteiger partial charge in [0.15, 0.2) is 0 Å². The van der Waals surface area contributed by atoms with Gasteiger partial charge in [0.2, 0.25) is 27.4 Å². The smallest absolute Gasteiger partial charge is 0.427 e. The van der Waals surface area contributed by atoms with E-state index in [1.54, 1.807) is 43.6 Å². The number of rotatable bonds is 12. The number of hydrogen-bond donors (Lipinski definition) is 3. The molecule has 4 heterocycles. The van der Waals surface area contributed by atoms with Gasteiger partial charge < -0.3 is 29.7 Å². The predicted molar refractivity (Wildman–Crippen MR) is 244 cm³/mol. The van der Waals surface area contributed by atoms with Crippen molar-refractivity contribution in [2.45, 2.75) is 146 Å². The summed E-state index contributed by atoms with van der Waals surface area (Å²) in [4.78, 5) is 68.0. The summed E-state index contributed by atoms with van der Waals surface area (Å²) in [7, 11) is -4.11. The molecule has 15 nitrogen and oxygen atoms in total. The van der Waals surface area contributed by atoms with Crippen LogP contribution >= 0.6 is 11.3 Å². The van der Waals surface area contributed by atoms with Gasteiger partial charge in [-0.2, -0.15) is 13.2 Å². The van der Waals surface area contributed by atoms with Gasteiger partial charge in [0, 0.05) is 41.6 Å². The van der Waals surface area contributed by atoms with Crippen molar-refractivity contribution in [1.82, 2.24) is 30.2 Å². The van der Waals surface area contributed by atoms with Gasteiger partial charge in [0.1, 0.15) is 45.9 Å². The van der Waals surface area contributed by atoms with Crippen molar-refractivity contribution < 1.29 is 55.0 Å². The van der Waals surface area contributed by atoms with Gasteiger partial charge in [0.25, 0.3) is 5.91 Å². The zero-order valence-corrected chi connectivity index (χ0v) is 40.3. The van der Waals surface area contributed by atoms with E-state index in [0.717, 1.165) is 5.56 Å². The number of carbonyl (C=O) groups excluding carboxylic acids is 4. The third kappa shape index (κ3) is 11.1. The summed E-state index contributed by atoms with van der Waals surface area (Å²) in [6, 6.07) is 7.97.